The molecule has 0 aromatic rings. The average molecular weight is 172 g/mol. The Morgan fingerprint density at radius 3 is 2.33 bits per heavy atom. The number of nitrogens with zero attached hydrogens (tertiary/aromatic N) is 1. The first kappa shape index (κ1) is 10.7. The number of amides is 1. The van der Waals surface area contributed by atoms with Crippen LogP contribution in [0.2, 0.25) is 0 Å². The molecule has 0 unspecified atom stereocenters. The minimum Gasteiger partial charge on any atom is -0.370 e. The third-order valence-corrected chi connectivity index (χ3v) is 1.48. The van der Waals surface area contributed by atoms with Crippen molar-refractivity contribution in [3.8, 4) is 0 Å². The highest BCUT2D eigenvalue weighted by molar-refractivity contribution is 5.90. The fraction of sp³-hybridized carbons (Fsp3) is 0.714. The van der Waals surface area contributed by atoms with Gasteiger partial charge in [0.15, 0.2) is 5.96 Å². The molecule has 0 aliphatic rings. The Morgan fingerprint density at radius 2 is 2.00 bits per heavy atom. The van der Waals surface area contributed by atoms with Crippen molar-refractivity contribution >= 4 is 11.9 Å². The van der Waals surface area contributed by atoms with Gasteiger partial charge in [0.1, 0.15) is 5.54 Å². The van der Waals surface area contributed by atoms with E-state index in [9.17, 15) is 4.79 Å². The van der Waals surface area contributed by atoms with E-state index in [0.29, 0.717) is 0 Å². The van der Waals surface area contributed by atoms with Gasteiger partial charge in [0.2, 0.25) is 5.91 Å². The summed E-state index contributed by atoms with van der Waals surface area (Å²) in [6.07, 6.45) is 0. The molecule has 0 heterocycles. The van der Waals surface area contributed by atoms with Gasteiger partial charge in [-0.15, -0.1) is 0 Å². The van der Waals surface area contributed by atoms with Gasteiger partial charge in [-0.2, -0.15) is 0 Å². The zero-order chi connectivity index (χ0) is 9.78. The molecule has 5 heteroatoms. The standard InChI is InChI=1S/C7H16N4O/c1-7(2,5(12)9-3)11-6(8)10-4/h1-4H3,(H,9,12)(H3,8,10,11). The van der Waals surface area contributed by atoms with Crippen LogP contribution in [-0.4, -0.2) is 31.5 Å². The fourth-order valence-electron chi connectivity index (χ4n) is 0.745. The largest absolute Gasteiger partial charge is 0.370 e. The lowest BCUT2D eigenvalue weighted by Crippen LogP contribution is -2.55. The van der Waals surface area contributed by atoms with E-state index in [4.69, 9.17) is 5.73 Å². The number of rotatable bonds is 2. The van der Waals surface area contributed by atoms with E-state index in [1.807, 2.05) is 0 Å². The van der Waals surface area contributed by atoms with Crippen molar-refractivity contribution in [3.05, 3.63) is 0 Å². The van der Waals surface area contributed by atoms with Gasteiger partial charge in [-0.25, -0.2) is 0 Å². The van der Waals surface area contributed by atoms with Crippen LogP contribution in [0.3, 0.4) is 0 Å². The average Bonchev–Trinajstić information content (AvgIpc) is 2.02. The second-order valence-corrected chi connectivity index (χ2v) is 2.94. The van der Waals surface area contributed by atoms with E-state index in [-0.39, 0.29) is 11.9 Å². The molecule has 0 aliphatic carbocycles. The molecule has 0 atom stereocenters. The number of nitrogens with two attached hydrogens (primary N) is 1. The van der Waals surface area contributed by atoms with E-state index in [2.05, 4.69) is 15.6 Å². The Bertz CT molecular complexity index is 198. The summed E-state index contributed by atoms with van der Waals surface area (Å²) < 4.78 is 0. The van der Waals surface area contributed by atoms with Crippen LogP contribution in [-0.2, 0) is 4.79 Å². The van der Waals surface area contributed by atoms with Gasteiger partial charge in [-0.1, -0.05) is 0 Å². The smallest absolute Gasteiger partial charge is 0.244 e. The van der Waals surface area contributed by atoms with Crippen molar-refractivity contribution in [1.82, 2.24) is 10.6 Å². The summed E-state index contributed by atoms with van der Waals surface area (Å²) in [5.41, 5.74) is 4.69. The molecule has 0 bridgehead atoms. The normalized spacial score (nSPS) is 12.5. The zero-order valence-electron chi connectivity index (χ0n) is 7.93. The number of hydrogen-bond acceptors (Lipinski definition) is 2. The molecule has 70 valence electrons. The van der Waals surface area contributed by atoms with Crippen LogP contribution in [0.1, 0.15) is 13.8 Å². The van der Waals surface area contributed by atoms with Gasteiger partial charge >= 0.3 is 0 Å². The van der Waals surface area contributed by atoms with Gasteiger partial charge in [-0.05, 0) is 13.8 Å². The summed E-state index contributed by atoms with van der Waals surface area (Å²) in [7, 11) is 3.13. The minimum atomic E-state index is -0.724. The first-order valence-electron chi connectivity index (χ1n) is 3.66. The Labute approximate surface area is 72.4 Å². The molecule has 0 aromatic heterocycles. The van der Waals surface area contributed by atoms with Gasteiger partial charge in [0.25, 0.3) is 0 Å². The molecule has 0 spiro atoms. The molecule has 0 aromatic carbocycles. The van der Waals surface area contributed by atoms with E-state index in [1.165, 1.54) is 0 Å². The van der Waals surface area contributed by atoms with Crippen LogP contribution in [0, 0.1) is 0 Å². The summed E-state index contributed by atoms with van der Waals surface area (Å²) >= 11 is 0. The third-order valence-electron chi connectivity index (χ3n) is 1.48. The van der Waals surface area contributed by atoms with Crippen molar-refractivity contribution in [3.63, 3.8) is 0 Å². The SMILES string of the molecule is CN=C(N)NC(C)(C)C(=O)NC. The van der Waals surface area contributed by atoms with Gasteiger partial charge < -0.3 is 16.4 Å². The molecule has 0 rings (SSSR count). The molecule has 0 aliphatic heterocycles. The molecule has 0 radical (unpaired) electrons. The lowest BCUT2D eigenvalue weighted by atomic mass is 10.1. The highest BCUT2D eigenvalue weighted by Gasteiger charge is 2.26. The number of carbonyl (C=O) groups excluding carboxylic acids is 1. The third kappa shape index (κ3) is 2.77. The Hall–Kier alpha value is -1.26. The highest BCUT2D eigenvalue weighted by atomic mass is 16.2. The maximum atomic E-state index is 11.2. The molecule has 5 nitrogen and oxygen atoms in total. The van der Waals surface area contributed by atoms with Crippen molar-refractivity contribution in [2.24, 2.45) is 10.7 Å². The highest BCUT2D eigenvalue weighted by Crippen LogP contribution is 2.00. The van der Waals surface area contributed by atoms with Gasteiger partial charge in [0.05, 0.1) is 0 Å². The fourth-order valence-corrected chi connectivity index (χ4v) is 0.745. The molecule has 1 amide bonds. The molecule has 0 saturated heterocycles. The summed E-state index contributed by atoms with van der Waals surface area (Å²) in [6.45, 7) is 3.45. The second-order valence-electron chi connectivity index (χ2n) is 2.94. The maximum Gasteiger partial charge on any atom is 0.244 e. The molecular weight excluding hydrogens is 156 g/mol. The van der Waals surface area contributed by atoms with Gasteiger partial charge in [-0.3, -0.25) is 9.79 Å². The molecule has 0 saturated carbocycles. The number of guanidine groups is 1. The van der Waals surface area contributed by atoms with Crippen LogP contribution in [0.5, 0.6) is 0 Å². The topological polar surface area (TPSA) is 79.5 Å². The first-order chi connectivity index (χ1) is 5.44. The van der Waals surface area contributed by atoms with E-state index in [0.717, 1.165) is 0 Å². The second kappa shape index (κ2) is 3.94. The molecule has 4 N–H and O–H groups in total. The number of nitrogens with one attached hydrogen (secondary N) is 2. The minimum absolute atomic E-state index is 0.130. The Kier molecular flexibility index (Phi) is 3.53. The first-order valence-corrected chi connectivity index (χ1v) is 3.66. The van der Waals surface area contributed by atoms with Crippen LogP contribution < -0.4 is 16.4 Å². The lowest BCUT2D eigenvalue weighted by molar-refractivity contribution is -0.125. The zero-order valence-corrected chi connectivity index (χ0v) is 7.93. The van der Waals surface area contributed by atoms with Crippen molar-refractivity contribution in [2.75, 3.05) is 14.1 Å². The monoisotopic (exact) mass is 172 g/mol. The van der Waals surface area contributed by atoms with Crippen molar-refractivity contribution in [2.45, 2.75) is 19.4 Å². The number of carbonyl (C=O) groups is 1. The Balaban J connectivity index is 4.32. The summed E-state index contributed by atoms with van der Waals surface area (Å²) in [6, 6.07) is 0. The predicted molar refractivity (Wildman–Crippen MR) is 48.8 cm³/mol. The molecule has 0 fully saturated rings. The summed E-state index contributed by atoms with van der Waals surface area (Å²) in [5, 5.41) is 5.30. The molecule has 12 heavy (non-hydrogen) atoms. The van der Waals surface area contributed by atoms with E-state index < -0.39 is 5.54 Å². The Morgan fingerprint density at radius 1 is 1.50 bits per heavy atom. The van der Waals surface area contributed by atoms with E-state index in [1.54, 1.807) is 27.9 Å². The van der Waals surface area contributed by atoms with Crippen LogP contribution in [0.15, 0.2) is 4.99 Å². The molecular formula is C7H16N4O. The van der Waals surface area contributed by atoms with E-state index >= 15 is 0 Å². The number of hydrogen-bond donors (Lipinski definition) is 3. The quantitative estimate of drug-likeness (QED) is 0.371. The van der Waals surface area contributed by atoms with Crippen LogP contribution in [0.25, 0.3) is 0 Å². The number of aliphatic imine (C=N–C) groups is 1. The maximum absolute atomic E-state index is 11.2. The van der Waals surface area contributed by atoms with Crippen molar-refractivity contribution in [1.29, 1.82) is 0 Å². The summed E-state index contributed by atoms with van der Waals surface area (Å²) in [5.74, 6) is 0.123. The number of likely N-dealkylation sites (N-methyl/N-ethyl adjacent to an activating group) is 1. The predicted octanol–water partition coefficient (Wildman–Crippen LogP) is -0.955. The van der Waals surface area contributed by atoms with Crippen molar-refractivity contribution < 1.29 is 4.79 Å². The summed E-state index contributed by atoms with van der Waals surface area (Å²) in [4.78, 5) is 14.9. The van der Waals surface area contributed by atoms with Crippen LogP contribution >= 0.6 is 0 Å². The van der Waals surface area contributed by atoms with Gasteiger partial charge in [0, 0.05) is 14.1 Å². The lowest BCUT2D eigenvalue weighted by Gasteiger charge is -2.24. The van der Waals surface area contributed by atoms with Crippen LogP contribution in [0.4, 0.5) is 0 Å².